The minimum Gasteiger partial charge on any atom is -0.313 e. The summed E-state index contributed by atoms with van der Waals surface area (Å²) in [6, 6.07) is 10.2. The van der Waals surface area contributed by atoms with Crippen molar-refractivity contribution in [1.82, 2.24) is 5.32 Å². The average molecular weight is 282 g/mol. The highest BCUT2D eigenvalue weighted by molar-refractivity contribution is 5.60. The first-order chi connectivity index (χ1) is 10.3. The maximum Gasteiger partial charge on any atom is 0.0997 e. The summed E-state index contributed by atoms with van der Waals surface area (Å²) in [6.45, 7) is 4.21. The van der Waals surface area contributed by atoms with Crippen molar-refractivity contribution in [3.63, 3.8) is 0 Å². The van der Waals surface area contributed by atoms with Gasteiger partial charge in [0.2, 0.25) is 0 Å². The van der Waals surface area contributed by atoms with E-state index in [9.17, 15) is 5.26 Å². The number of nitrogens with zero attached hydrogens (tertiary/aromatic N) is 1. The fourth-order valence-corrected chi connectivity index (χ4v) is 3.12. The molecule has 0 aliphatic heterocycles. The van der Waals surface area contributed by atoms with Crippen LogP contribution in [-0.4, -0.2) is 13.1 Å². The highest BCUT2D eigenvalue weighted by Gasteiger charge is 2.17. The molecular formula is C19H26N2. The monoisotopic (exact) mass is 282 g/mol. The Morgan fingerprint density at radius 2 is 2.05 bits per heavy atom. The van der Waals surface area contributed by atoms with Gasteiger partial charge in [-0.2, -0.15) is 5.26 Å². The molecule has 1 N–H and O–H groups in total. The van der Waals surface area contributed by atoms with E-state index in [1.165, 1.54) is 37.7 Å². The Morgan fingerprint density at radius 1 is 1.29 bits per heavy atom. The lowest BCUT2D eigenvalue weighted by Gasteiger charge is -2.25. The molecule has 1 aromatic rings. The lowest BCUT2D eigenvalue weighted by Crippen LogP contribution is -2.23. The molecule has 0 aromatic heterocycles. The van der Waals surface area contributed by atoms with Crippen LogP contribution in [0.1, 0.15) is 56.6 Å². The molecule has 2 nitrogen and oxygen atoms in total. The molecule has 0 bridgehead atoms. The zero-order valence-electron chi connectivity index (χ0n) is 13.1. The van der Waals surface area contributed by atoms with E-state index < -0.39 is 0 Å². The SMILES string of the molecule is CCCNC/C(=C/c1ccccc1C#N)C1CCCCC1. The quantitative estimate of drug-likeness (QED) is 0.779. The third-order valence-corrected chi connectivity index (χ3v) is 4.31. The highest BCUT2D eigenvalue weighted by atomic mass is 14.8. The van der Waals surface area contributed by atoms with Crippen molar-refractivity contribution in [3.05, 3.63) is 41.0 Å². The molecule has 0 spiro atoms. The average Bonchev–Trinajstić information content (AvgIpc) is 2.55. The van der Waals surface area contributed by atoms with Crippen molar-refractivity contribution in [2.45, 2.75) is 45.4 Å². The second-order valence-electron chi connectivity index (χ2n) is 5.93. The maximum absolute atomic E-state index is 9.26. The van der Waals surface area contributed by atoms with Crippen LogP contribution in [0.4, 0.5) is 0 Å². The zero-order chi connectivity index (χ0) is 14.9. The van der Waals surface area contributed by atoms with Crippen LogP contribution in [0, 0.1) is 17.2 Å². The summed E-state index contributed by atoms with van der Waals surface area (Å²) in [6.07, 6.45) is 10.1. The molecule has 1 aromatic carbocycles. The third kappa shape index (κ3) is 4.72. The van der Waals surface area contributed by atoms with E-state index in [1.54, 1.807) is 0 Å². The van der Waals surface area contributed by atoms with Gasteiger partial charge < -0.3 is 5.32 Å². The number of hydrogen-bond acceptors (Lipinski definition) is 2. The molecule has 1 aliphatic rings. The first-order valence-corrected chi connectivity index (χ1v) is 8.25. The van der Waals surface area contributed by atoms with Gasteiger partial charge in [-0.05, 0) is 43.4 Å². The molecular weight excluding hydrogens is 256 g/mol. The molecule has 2 heteroatoms. The summed E-state index contributed by atoms with van der Waals surface area (Å²) in [5, 5.41) is 12.8. The van der Waals surface area contributed by atoms with E-state index in [1.807, 2.05) is 18.2 Å². The Kier molecular flexibility index (Phi) is 6.50. The molecule has 0 heterocycles. The molecule has 1 fully saturated rings. The van der Waals surface area contributed by atoms with E-state index in [-0.39, 0.29) is 0 Å². The van der Waals surface area contributed by atoms with Gasteiger partial charge in [-0.1, -0.05) is 56.0 Å². The van der Waals surface area contributed by atoms with Gasteiger partial charge in [0.1, 0.15) is 0 Å². The number of rotatable bonds is 6. The van der Waals surface area contributed by atoms with Crippen LogP contribution >= 0.6 is 0 Å². The smallest absolute Gasteiger partial charge is 0.0997 e. The predicted octanol–water partition coefficient (Wildman–Crippen LogP) is 4.52. The summed E-state index contributed by atoms with van der Waals surface area (Å²) >= 11 is 0. The van der Waals surface area contributed by atoms with Crippen LogP contribution in [-0.2, 0) is 0 Å². The van der Waals surface area contributed by atoms with Crippen LogP contribution < -0.4 is 5.32 Å². The van der Waals surface area contributed by atoms with E-state index >= 15 is 0 Å². The van der Waals surface area contributed by atoms with Crippen LogP contribution in [0.3, 0.4) is 0 Å². The minimum absolute atomic E-state index is 0.690. The summed E-state index contributed by atoms with van der Waals surface area (Å²) in [5.41, 5.74) is 3.33. The van der Waals surface area contributed by atoms with Crippen molar-refractivity contribution in [2.75, 3.05) is 13.1 Å². The molecule has 0 unspecified atom stereocenters. The van der Waals surface area contributed by atoms with Crippen molar-refractivity contribution in [3.8, 4) is 6.07 Å². The summed E-state index contributed by atoms with van der Waals surface area (Å²) in [7, 11) is 0. The topological polar surface area (TPSA) is 35.8 Å². The Labute approximate surface area is 128 Å². The van der Waals surface area contributed by atoms with Gasteiger partial charge in [0.15, 0.2) is 0 Å². The highest BCUT2D eigenvalue weighted by Crippen LogP contribution is 2.31. The van der Waals surface area contributed by atoms with Gasteiger partial charge in [0.05, 0.1) is 11.6 Å². The third-order valence-electron chi connectivity index (χ3n) is 4.31. The van der Waals surface area contributed by atoms with E-state index in [2.05, 4.69) is 30.5 Å². The van der Waals surface area contributed by atoms with Crippen LogP contribution in [0.2, 0.25) is 0 Å². The normalized spacial score (nSPS) is 16.7. The Hall–Kier alpha value is -1.59. The van der Waals surface area contributed by atoms with Crippen LogP contribution in [0.15, 0.2) is 29.8 Å². The molecule has 21 heavy (non-hydrogen) atoms. The largest absolute Gasteiger partial charge is 0.313 e. The molecule has 0 radical (unpaired) electrons. The van der Waals surface area contributed by atoms with Gasteiger partial charge in [-0.25, -0.2) is 0 Å². The van der Waals surface area contributed by atoms with Gasteiger partial charge in [-0.3, -0.25) is 0 Å². The predicted molar refractivity (Wildman–Crippen MR) is 88.9 cm³/mol. The van der Waals surface area contributed by atoms with E-state index in [4.69, 9.17) is 0 Å². The number of nitriles is 1. The number of nitrogens with one attached hydrogen (secondary N) is 1. The van der Waals surface area contributed by atoms with Crippen LogP contribution in [0.5, 0.6) is 0 Å². The van der Waals surface area contributed by atoms with Crippen molar-refractivity contribution in [1.29, 1.82) is 5.26 Å². The molecule has 112 valence electrons. The second-order valence-corrected chi connectivity index (χ2v) is 5.93. The second kappa shape index (κ2) is 8.64. The fourth-order valence-electron chi connectivity index (χ4n) is 3.12. The van der Waals surface area contributed by atoms with Gasteiger partial charge >= 0.3 is 0 Å². The maximum atomic E-state index is 9.26. The lowest BCUT2D eigenvalue weighted by molar-refractivity contribution is 0.396. The van der Waals surface area contributed by atoms with Crippen molar-refractivity contribution < 1.29 is 0 Å². The van der Waals surface area contributed by atoms with E-state index in [0.29, 0.717) is 5.92 Å². The lowest BCUT2D eigenvalue weighted by atomic mass is 9.82. The summed E-state index contributed by atoms with van der Waals surface area (Å²) < 4.78 is 0. The van der Waals surface area contributed by atoms with Crippen molar-refractivity contribution >= 4 is 6.08 Å². The summed E-state index contributed by atoms with van der Waals surface area (Å²) in [5.74, 6) is 0.690. The Balaban J connectivity index is 2.20. The number of hydrogen-bond donors (Lipinski definition) is 1. The van der Waals surface area contributed by atoms with E-state index in [0.717, 1.165) is 30.6 Å². The Morgan fingerprint density at radius 3 is 2.76 bits per heavy atom. The Bertz CT molecular complexity index is 505. The minimum atomic E-state index is 0.690. The molecule has 1 saturated carbocycles. The molecule has 1 aliphatic carbocycles. The summed E-state index contributed by atoms with van der Waals surface area (Å²) in [4.78, 5) is 0. The van der Waals surface area contributed by atoms with Gasteiger partial charge in [0.25, 0.3) is 0 Å². The first kappa shape index (κ1) is 15.8. The number of benzene rings is 1. The molecule has 2 rings (SSSR count). The van der Waals surface area contributed by atoms with Gasteiger partial charge in [-0.15, -0.1) is 0 Å². The van der Waals surface area contributed by atoms with Crippen LogP contribution in [0.25, 0.3) is 6.08 Å². The van der Waals surface area contributed by atoms with Gasteiger partial charge in [0, 0.05) is 6.54 Å². The molecule has 0 amide bonds. The fraction of sp³-hybridized carbons (Fsp3) is 0.526. The van der Waals surface area contributed by atoms with Crippen molar-refractivity contribution in [2.24, 2.45) is 5.92 Å². The molecule has 0 saturated heterocycles. The molecule has 0 atom stereocenters. The first-order valence-electron chi connectivity index (χ1n) is 8.25. The standard InChI is InChI=1S/C19H26N2/c1-2-12-21-15-19(16-8-4-3-5-9-16)13-17-10-6-7-11-18(17)14-20/h6-7,10-11,13,16,21H,2-5,8-9,12,15H2,1H3/b19-13-. The zero-order valence-corrected chi connectivity index (χ0v) is 13.1.